The highest BCUT2D eigenvalue weighted by molar-refractivity contribution is 5.78. The minimum absolute atomic E-state index is 0.0231. The lowest BCUT2D eigenvalue weighted by molar-refractivity contribution is -0.120. The van der Waals surface area contributed by atoms with Crippen LogP contribution in [0.4, 0.5) is 0 Å². The normalized spacial score (nSPS) is 10.2. The molecule has 2 aromatic rings. The van der Waals surface area contributed by atoms with E-state index < -0.39 is 0 Å². The molecule has 0 fully saturated rings. The van der Waals surface area contributed by atoms with Gasteiger partial charge in [-0.05, 0) is 42.7 Å². The van der Waals surface area contributed by atoms with Crippen LogP contribution in [-0.2, 0) is 11.2 Å². The van der Waals surface area contributed by atoms with Crippen molar-refractivity contribution in [1.29, 1.82) is 0 Å². The molecule has 0 radical (unpaired) electrons. The summed E-state index contributed by atoms with van der Waals surface area (Å²) in [5, 5.41) is 2.87. The largest absolute Gasteiger partial charge is 0.492 e. The van der Waals surface area contributed by atoms with Crippen molar-refractivity contribution in [3.63, 3.8) is 0 Å². The Bertz CT molecular complexity index is 593. The van der Waals surface area contributed by atoms with Gasteiger partial charge in [0, 0.05) is 0 Å². The molecule has 21 heavy (non-hydrogen) atoms. The van der Waals surface area contributed by atoms with Crippen LogP contribution < -0.4 is 10.1 Å². The molecule has 0 aliphatic rings. The predicted molar refractivity (Wildman–Crippen MR) is 84.6 cm³/mol. The highest BCUT2D eigenvalue weighted by Gasteiger charge is 2.04. The van der Waals surface area contributed by atoms with Gasteiger partial charge in [-0.25, -0.2) is 0 Å². The lowest BCUT2D eigenvalue weighted by atomic mass is 10.0. The number of hydrogen-bond acceptors (Lipinski definition) is 2. The van der Waals surface area contributed by atoms with Crippen LogP contribution in [0.1, 0.15) is 16.7 Å². The summed E-state index contributed by atoms with van der Waals surface area (Å²) >= 11 is 0. The molecule has 2 aromatic carbocycles. The standard InChI is InChI=1S/C18H21NO2/c1-14-8-9-16(12-15(14)2)13-18(20)19-10-11-21-17-6-4-3-5-7-17/h3-9,12H,10-11,13H2,1-2H3,(H,19,20). The zero-order valence-electron chi connectivity index (χ0n) is 12.6. The summed E-state index contributed by atoms with van der Waals surface area (Å²) in [6, 6.07) is 15.7. The predicted octanol–water partition coefficient (Wildman–Crippen LogP) is 3.04. The topological polar surface area (TPSA) is 38.3 Å². The van der Waals surface area contributed by atoms with Gasteiger partial charge in [-0.2, -0.15) is 0 Å². The van der Waals surface area contributed by atoms with Crippen molar-refractivity contribution in [2.24, 2.45) is 0 Å². The third kappa shape index (κ3) is 4.95. The first kappa shape index (κ1) is 15.1. The van der Waals surface area contributed by atoms with Gasteiger partial charge >= 0.3 is 0 Å². The molecule has 3 heteroatoms. The molecule has 0 aromatic heterocycles. The summed E-state index contributed by atoms with van der Waals surface area (Å²) in [7, 11) is 0. The van der Waals surface area contributed by atoms with E-state index in [2.05, 4.69) is 31.3 Å². The molecule has 1 amide bonds. The molecule has 1 N–H and O–H groups in total. The molecule has 0 heterocycles. The van der Waals surface area contributed by atoms with Crippen LogP contribution in [0.5, 0.6) is 5.75 Å². The number of amides is 1. The van der Waals surface area contributed by atoms with E-state index in [1.54, 1.807) is 0 Å². The van der Waals surface area contributed by atoms with Crippen molar-refractivity contribution in [3.8, 4) is 5.75 Å². The Morgan fingerprint density at radius 1 is 1.05 bits per heavy atom. The minimum atomic E-state index is 0.0231. The van der Waals surface area contributed by atoms with Gasteiger partial charge in [-0.15, -0.1) is 0 Å². The zero-order chi connectivity index (χ0) is 15.1. The van der Waals surface area contributed by atoms with Gasteiger partial charge in [0.15, 0.2) is 0 Å². The van der Waals surface area contributed by atoms with Crippen molar-refractivity contribution in [2.75, 3.05) is 13.2 Å². The van der Waals surface area contributed by atoms with Crippen LogP contribution in [0.25, 0.3) is 0 Å². The Labute approximate surface area is 126 Å². The van der Waals surface area contributed by atoms with Crippen molar-refractivity contribution in [1.82, 2.24) is 5.32 Å². The number of para-hydroxylation sites is 1. The van der Waals surface area contributed by atoms with E-state index >= 15 is 0 Å². The molecule has 0 aliphatic heterocycles. The first-order valence-electron chi connectivity index (χ1n) is 7.16. The fourth-order valence-electron chi connectivity index (χ4n) is 2.04. The smallest absolute Gasteiger partial charge is 0.224 e. The van der Waals surface area contributed by atoms with E-state index in [4.69, 9.17) is 4.74 Å². The zero-order valence-corrected chi connectivity index (χ0v) is 12.6. The van der Waals surface area contributed by atoms with Crippen LogP contribution in [0.2, 0.25) is 0 Å². The summed E-state index contributed by atoms with van der Waals surface area (Å²) in [6.45, 7) is 5.12. The van der Waals surface area contributed by atoms with E-state index in [1.807, 2.05) is 36.4 Å². The molecule has 3 nitrogen and oxygen atoms in total. The summed E-state index contributed by atoms with van der Waals surface area (Å²) < 4.78 is 5.53. The van der Waals surface area contributed by atoms with Crippen molar-refractivity contribution >= 4 is 5.91 Å². The van der Waals surface area contributed by atoms with Gasteiger partial charge in [0.1, 0.15) is 12.4 Å². The lowest BCUT2D eigenvalue weighted by Gasteiger charge is -2.08. The molecule has 0 aliphatic carbocycles. The van der Waals surface area contributed by atoms with E-state index in [0.29, 0.717) is 19.6 Å². The number of rotatable bonds is 6. The van der Waals surface area contributed by atoms with Crippen LogP contribution in [0.3, 0.4) is 0 Å². The molecule has 0 bridgehead atoms. The van der Waals surface area contributed by atoms with E-state index in [9.17, 15) is 4.79 Å². The summed E-state index contributed by atoms with van der Waals surface area (Å²) in [6.07, 6.45) is 0.409. The van der Waals surface area contributed by atoms with Crippen molar-refractivity contribution < 1.29 is 9.53 Å². The number of carbonyl (C=O) groups is 1. The maximum absolute atomic E-state index is 11.9. The minimum Gasteiger partial charge on any atom is -0.492 e. The molecule has 0 atom stereocenters. The molecular weight excluding hydrogens is 262 g/mol. The van der Waals surface area contributed by atoms with Crippen molar-refractivity contribution in [2.45, 2.75) is 20.3 Å². The monoisotopic (exact) mass is 283 g/mol. The fraction of sp³-hybridized carbons (Fsp3) is 0.278. The maximum Gasteiger partial charge on any atom is 0.224 e. The first-order valence-corrected chi connectivity index (χ1v) is 7.16. The summed E-state index contributed by atoms with van der Waals surface area (Å²) in [5.41, 5.74) is 3.50. The SMILES string of the molecule is Cc1ccc(CC(=O)NCCOc2ccccc2)cc1C. The van der Waals surface area contributed by atoms with E-state index in [0.717, 1.165) is 11.3 Å². The molecule has 0 unspecified atom stereocenters. The Balaban J connectivity index is 1.71. The maximum atomic E-state index is 11.9. The number of nitrogens with one attached hydrogen (secondary N) is 1. The Kier molecular flexibility index (Phi) is 5.38. The molecule has 110 valence electrons. The fourth-order valence-corrected chi connectivity index (χ4v) is 2.04. The Hall–Kier alpha value is -2.29. The summed E-state index contributed by atoms with van der Waals surface area (Å²) in [5.74, 6) is 0.843. The Morgan fingerprint density at radius 3 is 2.52 bits per heavy atom. The van der Waals surface area contributed by atoms with Crippen LogP contribution in [-0.4, -0.2) is 19.1 Å². The van der Waals surface area contributed by atoms with Gasteiger partial charge in [-0.3, -0.25) is 4.79 Å². The van der Waals surface area contributed by atoms with Gasteiger partial charge in [0.2, 0.25) is 5.91 Å². The van der Waals surface area contributed by atoms with Crippen LogP contribution in [0.15, 0.2) is 48.5 Å². The number of carbonyl (C=O) groups excluding carboxylic acids is 1. The first-order chi connectivity index (χ1) is 10.1. The van der Waals surface area contributed by atoms with E-state index in [1.165, 1.54) is 11.1 Å². The average Bonchev–Trinajstić information content (AvgIpc) is 2.49. The van der Waals surface area contributed by atoms with Crippen LogP contribution in [0, 0.1) is 13.8 Å². The highest BCUT2D eigenvalue weighted by atomic mass is 16.5. The second-order valence-corrected chi connectivity index (χ2v) is 5.11. The second-order valence-electron chi connectivity index (χ2n) is 5.11. The van der Waals surface area contributed by atoms with Gasteiger partial charge in [-0.1, -0.05) is 36.4 Å². The number of benzene rings is 2. The second kappa shape index (κ2) is 7.48. The average molecular weight is 283 g/mol. The number of ether oxygens (including phenoxy) is 1. The molecular formula is C18H21NO2. The quantitative estimate of drug-likeness (QED) is 0.828. The van der Waals surface area contributed by atoms with Gasteiger partial charge in [0.05, 0.1) is 13.0 Å². The molecule has 0 spiro atoms. The van der Waals surface area contributed by atoms with Crippen LogP contribution >= 0.6 is 0 Å². The molecule has 0 saturated carbocycles. The van der Waals surface area contributed by atoms with E-state index in [-0.39, 0.29) is 5.91 Å². The number of aryl methyl sites for hydroxylation is 2. The third-order valence-electron chi connectivity index (χ3n) is 3.37. The van der Waals surface area contributed by atoms with Crippen molar-refractivity contribution in [3.05, 3.63) is 65.2 Å². The third-order valence-corrected chi connectivity index (χ3v) is 3.37. The Morgan fingerprint density at radius 2 is 1.81 bits per heavy atom. The lowest BCUT2D eigenvalue weighted by Crippen LogP contribution is -2.29. The molecule has 2 rings (SSSR count). The summed E-state index contributed by atoms with van der Waals surface area (Å²) in [4.78, 5) is 11.9. The van der Waals surface area contributed by atoms with Gasteiger partial charge < -0.3 is 10.1 Å². The number of hydrogen-bond donors (Lipinski definition) is 1. The molecule has 0 saturated heterocycles. The highest BCUT2D eigenvalue weighted by Crippen LogP contribution is 2.10. The van der Waals surface area contributed by atoms with Gasteiger partial charge in [0.25, 0.3) is 0 Å².